The van der Waals surface area contributed by atoms with Crippen molar-refractivity contribution in [2.75, 3.05) is 0 Å². The Hall–Kier alpha value is -1.80. The number of nitrogens with zero attached hydrogens (tertiary/aromatic N) is 3. The molecular formula is C15H19N3O. The fraction of sp³-hybridized carbons (Fsp3) is 0.533. The molecule has 0 fully saturated rings. The maximum atomic E-state index is 11.7. The fourth-order valence-electron chi connectivity index (χ4n) is 2.82. The lowest BCUT2D eigenvalue weighted by atomic mass is 9.63. The zero-order valence-corrected chi connectivity index (χ0v) is 11.9. The quantitative estimate of drug-likeness (QED) is 0.415. The Balaban J connectivity index is 2.59. The first-order valence-corrected chi connectivity index (χ1v) is 6.52. The van der Waals surface area contributed by atoms with Crippen LogP contribution in [0, 0.1) is 0 Å². The van der Waals surface area contributed by atoms with Gasteiger partial charge in [0, 0.05) is 10.5 Å². The highest BCUT2D eigenvalue weighted by molar-refractivity contribution is 5.95. The number of carbonyl (C=O) groups is 1. The van der Waals surface area contributed by atoms with E-state index in [1.165, 1.54) is 11.1 Å². The van der Waals surface area contributed by atoms with Crippen molar-refractivity contribution in [3.8, 4) is 0 Å². The van der Waals surface area contributed by atoms with Gasteiger partial charge in [-0.3, -0.25) is 4.79 Å². The lowest BCUT2D eigenvalue weighted by molar-refractivity contribution is 0.1000. The van der Waals surface area contributed by atoms with Gasteiger partial charge in [-0.1, -0.05) is 39.8 Å². The number of hydrogen-bond donors (Lipinski definition) is 0. The van der Waals surface area contributed by atoms with Crippen molar-refractivity contribution in [1.29, 1.82) is 0 Å². The molecule has 0 radical (unpaired) electrons. The molecular weight excluding hydrogens is 238 g/mol. The van der Waals surface area contributed by atoms with E-state index in [0.717, 1.165) is 12.8 Å². The van der Waals surface area contributed by atoms with Crippen LogP contribution in [0.2, 0.25) is 0 Å². The van der Waals surface area contributed by atoms with Gasteiger partial charge in [0.25, 0.3) is 0 Å². The third-order valence-corrected chi connectivity index (χ3v) is 4.24. The number of carbonyl (C=O) groups excluding carboxylic acids is 1. The van der Waals surface area contributed by atoms with Gasteiger partial charge in [0.1, 0.15) is 0 Å². The molecule has 1 amide bonds. The van der Waals surface area contributed by atoms with E-state index in [1.807, 2.05) is 12.1 Å². The molecule has 0 unspecified atom stereocenters. The molecule has 1 aromatic rings. The van der Waals surface area contributed by atoms with Gasteiger partial charge in [-0.05, 0) is 51.5 Å². The first kappa shape index (κ1) is 13.6. The summed E-state index contributed by atoms with van der Waals surface area (Å²) in [6, 6.07) is 5.67. The summed E-state index contributed by atoms with van der Waals surface area (Å²) in [4.78, 5) is 14.2. The van der Waals surface area contributed by atoms with Crippen LogP contribution in [0.3, 0.4) is 0 Å². The summed E-state index contributed by atoms with van der Waals surface area (Å²) >= 11 is 0. The number of hydrogen-bond acceptors (Lipinski definition) is 1. The zero-order valence-electron chi connectivity index (χ0n) is 11.9. The molecule has 2 rings (SSSR count). The van der Waals surface area contributed by atoms with Gasteiger partial charge in [0.15, 0.2) is 0 Å². The Bertz CT molecular complexity index is 581. The largest absolute Gasteiger partial charge is 0.287 e. The predicted octanol–water partition coefficient (Wildman–Crippen LogP) is 4.49. The Kier molecular flexibility index (Phi) is 3.15. The summed E-state index contributed by atoms with van der Waals surface area (Å²) in [6.07, 6.45) is 2.23. The van der Waals surface area contributed by atoms with Crippen LogP contribution in [-0.4, -0.2) is 5.91 Å². The molecule has 0 atom stereocenters. The van der Waals surface area contributed by atoms with Gasteiger partial charge in [-0.2, -0.15) is 0 Å². The van der Waals surface area contributed by atoms with Crippen molar-refractivity contribution >= 4 is 5.91 Å². The van der Waals surface area contributed by atoms with E-state index in [9.17, 15) is 4.79 Å². The minimum Gasteiger partial charge on any atom is -0.287 e. The van der Waals surface area contributed by atoms with Crippen LogP contribution in [0.4, 0.5) is 0 Å². The molecule has 0 aromatic heterocycles. The molecule has 0 spiro atoms. The topological polar surface area (TPSA) is 65.8 Å². The first-order valence-electron chi connectivity index (χ1n) is 6.52. The maximum Gasteiger partial charge on any atom is 0.249 e. The molecule has 0 N–H and O–H groups in total. The average Bonchev–Trinajstić information content (AvgIpc) is 2.35. The highest BCUT2D eigenvalue weighted by Crippen LogP contribution is 2.45. The minimum absolute atomic E-state index is 0.0531. The predicted molar refractivity (Wildman–Crippen MR) is 75.2 cm³/mol. The van der Waals surface area contributed by atoms with Crippen LogP contribution in [0.1, 0.15) is 62.0 Å². The Morgan fingerprint density at radius 2 is 1.74 bits per heavy atom. The van der Waals surface area contributed by atoms with E-state index in [-0.39, 0.29) is 10.8 Å². The third kappa shape index (κ3) is 2.36. The molecule has 1 aromatic carbocycles. The number of fused-ring (bicyclic) bond motifs is 1. The monoisotopic (exact) mass is 257 g/mol. The molecule has 1 aliphatic carbocycles. The molecule has 0 bridgehead atoms. The van der Waals surface area contributed by atoms with Crippen LogP contribution in [-0.2, 0) is 10.8 Å². The van der Waals surface area contributed by atoms with Crippen molar-refractivity contribution in [3.63, 3.8) is 0 Å². The third-order valence-electron chi connectivity index (χ3n) is 4.24. The molecule has 0 aliphatic heterocycles. The van der Waals surface area contributed by atoms with Crippen molar-refractivity contribution in [1.82, 2.24) is 0 Å². The van der Waals surface area contributed by atoms with Crippen molar-refractivity contribution < 1.29 is 4.79 Å². The zero-order chi connectivity index (χ0) is 14.3. The van der Waals surface area contributed by atoms with Gasteiger partial charge >= 0.3 is 0 Å². The molecule has 0 saturated carbocycles. The van der Waals surface area contributed by atoms with Gasteiger partial charge in [-0.25, -0.2) is 0 Å². The van der Waals surface area contributed by atoms with Gasteiger partial charge in [0.2, 0.25) is 5.91 Å². The molecule has 4 heteroatoms. The normalized spacial score (nSPS) is 19.2. The highest BCUT2D eigenvalue weighted by atomic mass is 16.1. The Morgan fingerprint density at radius 3 is 2.32 bits per heavy atom. The van der Waals surface area contributed by atoms with E-state index in [1.54, 1.807) is 6.07 Å². The van der Waals surface area contributed by atoms with Crippen LogP contribution < -0.4 is 0 Å². The van der Waals surface area contributed by atoms with Crippen molar-refractivity contribution in [2.24, 2.45) is 5.11 Å². The van der Waals surface area contributed by atoms with Crippen LogP contribution in [0.25, 0.3) is 10.4 Å². The number of rotatable bonds is 1. The number of azide groups is 1. The van der Waals surface area contributed by atoms with E-state index >= 15 is 0 Å². The van der Waals surface area contributed by atoms with Crippen molar-refractivity contribution in [3.05, 3.63) is 45.3 Å². The molecule has 19 heavy (non-hydrogen) atoms. The summed E-state index contributed by atoms with van der Waals surface area (Å²) < 4.78 is 0. The SMILES string of the molecule is CC1(C)CCC(C)(C)c2cc(C(=O)N=[N+]=[N-])ccc21. The summed E-state index contributed by atoms with van der Waals surface area (Å²) in [5.74, 6) is -0.510. The molecule has 1 aliphatic rings. The number of benzene rings is 1. The van der Waals surface area contributed by atoms with Gasteiger partial charge < -0.3 is 0 Å². The van der Waals surface area contributed by atoms with E-state index < -0.39 is 5.91 Å². The maximum absolute atomic E-state index is 11.7. The second-order valence-electron chi connectivity index (χ2n) is 6.52. The molecule has 0 saturated heterocycles. The van der Waals surface area contributed by atoms with Crippen LogP contribution in [0.5, 0.6) is 0 Å². The summed E-state index contributed by atoms with van der Waals surface area (Å²) in [5.41, 5.74) is 11.5. The lowest BCUT2D eigenvalue weighted by Crippen LogP contribution is -2.34. The number of amides is 1. The summed E-state index contributed by atoms with van der Waals surface area (Å²) in [5, 5.41) is 3.17. The molecule has 100 valence electrons. The average molecular weight is 257 g/mol. The lowest BCUT2D eigenvalue weighted by Gasteiger charge is -2.42. The first-order chi connectivity index (χ1) is 8.78. The Morgan fingerprint density at radius 1 is 1.16 bits per heavy atom. The summed E-state index contributed by atoms with van der Waals surface area (Å²) in [7, 11) is 0. The van der Waals surface area contributed by atoms with Gasteiger partial charge in [0.05, 0.1) is 0 Å². The second-order valence-corrected chi connectivity index (χ2v) is 6.52. The standard InChI is InChI=1S/C15H19N3O/c1-14(2)7-8-15(3,4)12-9-10(5-6-11(12)14)13(19)17-18-16/h5-6,9H,7-8H2,1-4H3. The molecule has 0 heterocycles. The van der Waals surface area contributed by atoms with E-state index in [4.69, 9.17) is 5.53 Å². The van der Waals surface area contributed by atoms with Gasteiger partial charge in [-0.15, -0.1) is 0 Å². The van der Waals surface area contributed by atoms with Crippen LogP contribution in [0.15, 0.2) is 23.3 Å². The Labute approximate surface area is 113 Å². The summed E-state index contributed by atoms with van der Waals surface area (Å²) in [6.45, 7) is 8.86. The molecule has 4 nitrogen and oxygen atoms in total. The minimum atomic E-state index is -0.510. The van der Waals surface area contributed by atoms with Crippen LogP contribution >= 0.6 is 0 Å². The second kappa shape index (κ2) is 4.39. The van der Waals surface area contributed by atoms with Crippen molar-refractivity contribution in [2.45, 2.75) is 51.4 Å². The fourth-order valence-corrected chi connectivity index (χ4v) is 2.82. The van der Waals surface area contributed by atoms with E-state index in [0.29, 0.717) is 5.56 Å². The van der Waals surface area contributed by atoms with E-state index in [2.05, 4.69) is 37.7 Å². The smallest absolute Gasteiger partial charge is 0.249 e. The highest BCUT2D eigenvalue weighted by Gasteiger charge is 2.37.